The third-order valence-electron chi connectivity index (χ3n) is 3.83. The van der Waals surface area contributed by atoms with Gasteiger partial charge in [0.25, 0.3) is 5.91 Å². The summed E-state index contributed by atoms with van der Waals surface area (Å²) in [6.07, 6.45) is 0. The Balaban J connectivity index is 2.09. The number of anilines is 1. The van der Waals surface area contributed by atoms with E-state index in [4.69, 9.17) is 4.74 Å². The van der Waals surface area contributed by atoms with E-state index in [1.807, 2.05) is 46.8 Å². The van der Waals surface area contributed by atoms with Crippen LogP contribution in [-0.4, -0.2) is 18.5 Å². The van der Waals surface area contributed by atoms with Crippen LogP contribution >= 0.6 is 0 Å². The molecule has 0 atom stereocenters. The van der Waals surface area contributed by atoms with Gasteiger partial charge >= 0.3 is 5.97 Å². The maximum absolute atomic E-state index is 12.6. The zero-order valence-electron chi connectivity index (χ0n) is 15.5. The lowest BCUT2D eigenvalue weighted by Gasteiger charge is -2.12. The summed E-state index contributed by atoms with van der Waals surface area (Å²) in [6, 6.07) is 10.7. The Morgan fingerprint density at radius 3 is 2.08 bits per heavy atom. The molecule has 4 nitrogen and oxygen atoms in total. The first-order chi connectivity index (χ1) is 11.8. The number of ether oxygens (including phenoxy) is 1. The van der Waals surface area contributed by atoms with Crippen LogP contribution in [0, 0.1) is 26.7 Å². The summed E-state index contributed by atoms with van der Waals surface area (Å²) >= 11 is 0. The fourth-order valence-corrected chi connectivity index (χ4v) is 2.75. The Morgan fingerprint density at radius 1 is 1.00 bits per heavy atom. The van der Waals surface area contributed by atoms with E-state index >= 15 is 0 Å². The molecule has 1 amide bonds. The smallest absolute Gasteiger partial charge is 0.338 e. The number of carbonyl (C=O) groups excluding carboxylic acids is 2. The molecule has 0 saturated carbocycles. The molecular formula is C21H25NO3. The zero-order valence-corrected chi connectivity index (χ0v) is 15.5. The minimum Gasteiger partial charge on any atom is -0.462 e. The normalized spacial score (nSPS) is 10.6. The van der Waals surface area contributed by atoms with Gasteiger partial charge in [-0.05, 0) is 62.1 Å². The summed E-state index contributed by atoms with van der Waals surface area (Å²) < 4.78 is 5.20. The standard InChI is InChI=1S/C21H25NO3/c1-13(2)12-25-21(24)17-6-8-18(9-7-17)22-20(23)19-15(4)10-14(3)11-16(19)5/h6-11,13H,12H2,1-5H3,(H,22,23). The van der Waals surface area contributed by atoms with Crippen LogP contribution in [0.15, 0.2) is 36.4 Å². The Bertz CT molecular complexity index is 753. The first kappa shape index (κ1) is 18.7. The van der Waals surface area contributed by atoms with Gasteiger partial charge in [-0.2, -0.15) is 0 Å². The Morgan fingerprint density at radius 2 is 1.56 bits per heavy atom. The maximum atomic E-state index is 12.6. The van der Waals surface area contributed by atoms with Gasteiger partial charge in [-0.15, -0.1) is 0 Å². The van der Waals surface area contributed by atoms with Gasteiger partial charge in [-0.25, -0.2) is 4.79 Å². The van der Waals surface area contributed by atoms with Crippen molar-refractivity contribution in [3.8, 4) is 0 Å². The predicted molar refractivity (Wildman–Crippen MR) is 100 cm³/mol. The molecule has 0 spiro atoms. The highest BCUT2D eigenvalue weighted by Crippen LogP contribution is 2.19. The SMILES string of the molecule is Cc1cc(C)c(C(=O)Nc2ccc(C(=O)OCC(C)C)cc2)c(C)c1. The number of esters is 1. The van der Waals surface area contributed by atoms with Gasteiger partial charge in [0.15, 0.2) is 0 Å². The lowest BCUT2D eigenvalue weighted by atomic mass is 9.99. The number of hydrogen-bond donors (Lipinski definition) is 1. The average molecular weight is 339 g/mol. The summed E-state index contributed by atoms with van der Waals surface area (Å²) in [4.78, 5) is 24.5. The Hall–Kier alpha value is -2.62. The summed E-state index contributed by atoms with van der Waals surface area (Å²) in [5.41, 5.74) is 4.83. The first-order valence-corrected chi connectivity index (χ1v) is 8.44. The van der Waals surface area contributed by atoms with Crippen molar-refractivity contribution in [2.24, 2.45) is 5.92 Å². The third kappa shape index (κ3) is 4.92. The fourth-order valence-electron chi connectivity index (χ4n) is 2.75. The first-order valence-electron chi connectivity index (χ1n) is 8.44. The molecule has 4 heteroatoms. The van der Waals surface area contributed by atoms with Crippen LogP contribution in [0.2, 0.25) is 0 Å². The van der Waals surface area contributed by atoms with E-state index in [-0.39, 0.29) is 11.9 Å². The molecule has 0 unspecified atom stereocenters. The third-order valence-corrected chi connectivity index (χ3v) is 3.83. The van der Waals surface area contributed by atoms with E-state index in [1.54, 1.807) is 24.3 Å². The number of amides is 1. The van der Waals surface area contributed by atoms with E-state index in [9.17, 15) is 9.59 Å². The number of nitrogens with one attached hydrogen (secondary N) is 1. The van der Waals surface area contributed by atoms with Gasteiger partial charge in [0, 0.05) is 11.3 Å². The summed E-state index contributed by atoms with van der Waals surface area (Å²) in [6.45, 7) is 10.2. The van der Waals surface area contributed by atoms with E-state index in [1.165, 1.54) is 0 Å². The van der Waals surface area contributed by atoms with Crippen molar-refractivity contribution in [2.75, 3.05) is 11.9 Å². The van der Waals surface area contributed by atoms with E-state index in [0.29, 0.717) is 29.3 Å². The van der Waals surface area contributed by atoms with E-state index in [2.05, 4.69) is 5.32 Å². The maximum Gasteiger partial charge on any atom is 0.338 e. The molecule has 132 valence electrons. The lowest BCUT2D eigenvalue weighted by molar-refractivity contribution is 0.0459. The second-order valence-corrected chi connectivity index (χ2v) is 6.80. The molecule has 1 N–H and O–H groups in total. The molecule has 0 fully saturated rings. The minimum absolute atomic E-state index is 0.148. The second-order valence-electron chi connectivity index (χ2n) is 6.80. The number of aryl methyl sites for hydroxylation is 3. The van der Waals surface area contributed by atoms with Crippen molar-refractivity contribution >= 4 is 17.6 Å². The molecule has 0 radical (unpaired) electrons. The molecule has 2 rings (SSSR count). The van der Waals surface area contributed by atoms with Crippen LogP contribution < -0.4 is 5.32 Å². The quantitative estimate of drug-likeness (QED) is 0.805. The van der Waals surface area contributed by atoms with E-state index in [0.717, 1.165) is 16.7 Å². The minimum atomic E-state index is -0.350. The Kier molecular flexibility index (Phi) is 5.97. The molecule has 2 aromatic rings. The molecule has 2 aromatic carbocycles. The second kappa shape index (κ2) is 7.97. The lowest BCUT2D eigenvalue weighted by Crippen LogP contribution is -2.15. The van der Waals surface area contributed by atoms with Crippen LogP contribution in [-0.2, 0) is 4.74 Å². The molecule has 0 aliphatic carbocycles. The molecule has 25 heavy (non-hydrogen) atoms. The van der Waals surface area contributed by atoms with Crippen LogP contribution in [0.25, 0.3) is 0 Å². The highest BCUT2D eigenvalue weighted by molar-refractivity contribution is 6.06. The average Bonchev–Trinajstić information content (AvgIpc) is 2.52. The zero-order chi connectivity index (χ0) is 18.6. The molecule has 0 aliphatic heterocycles. The number of hydrogen-bond acceptors (Lipinski definition) is 3. The van der Waals surface area contributed by atoms with Crippen LogP contribution in [0.3, 0.4) is 0 Å². The summed E-state index contributed by atoms with van der Waals surface area (Å²) in [5.74, 6) is -0.203. The van der Waals surface area contributed by atoms with Crippen LogP contribution in [0.5, 0.6) is 0 Å². The topological polar surface area (TPSA) is 55.4 Å². The van der Waals surface area contributed by atoms with Gasteiger partial charge in [-0.3, -0.25) is 4.79 Å². The molecular weight excluding hydrogens is 314 g/mol. The monoisotopic (exact) mass is 339 g/mol. The largest absolute Gasteiger partial charge is 0.462 e. The van der Waals surface area contributed by atoms with Gasteiger partial charge in [0.1, 0.15) is 0 Å². The van der Waals surface area contributed by atoms with Crippen molar-refractivity contribution in [3.05, 3.63) is 64.2 Å². The van der Waals surface area contributed by atoms with Gasteiger partial charge < -0.3 is 10.1 Å². The van der Waals surface area contributed by atoms with Gasteiger partial charge in [-0.1, -0.05) is 31.5 Å². The van der Waals surface area contributed by atoms with Crippen molar-refractivity contribution in [2.45, 2.75) is 34.6 Å². The van der Waals surface area contributed by atoms with E-state index < -0.39 is 0 Å². The summed E-state index contributed by atoms with van der Waals surface area (Å²) in [5, 5.41) is 2.88. The highest BCUT2D eigenvalue weighted by atomic mass is 16.5. The highest BCUT2D eigenvalue weighted by Gasteiger charge is 2.14. The number of carbonyl (C=O) groups is 2. The van der Waals surface area contributed by atoms with Crippen molar-refractivity contribution < 1.29 is 14.3 Å². The van der Waals surface area contributed by atoms with Crippen molar-refractivity contribution in [1.29, 1.82) is 0 Å². The van der Waals surface area contributed by atoms with Crippen molar-refractivity contribution in [1.82, 2.24) is 0 Å². The molecule has 0 heterocycles. The van der Waals surface area contributed by atoms with Crippen molar-refractivity contribution in [3.63, 3.8) is 0 Å². The molecule has 0 bridgehead atoms. The number of rotatable bonds is 5. The van der Waals surface area contributed by atoms with Gasteiger partial charge in [0.2, 0.25) is 0 Å². The van der Waals surface area contributed by atoms with Crippen LogP contribution in [0.1, 0.15) is 51.3 Å². The predicted octanol–water partition coefficient (Wildman–Crippen LogP) is 4.68. The fraction of sp³-hybridized carbons (Fsp3) is 0.333. The van der Waals surface area contributed by atoms with Gasteiger partial charge in [0.05, 0.1) is 12.2 Å². The molecule has 0 aromatic heterocycles. The molecule has 0 saturated heterocycles. The number of benzene rings is 2. The van der Waals surface area contributed by atoms with Crippen LogP contribution in [0.4, 0.5) is 5.69 Å². The Labute approximate surface area is 149 Å². The summed E-state index contributed by atoms with van der Waals surface area (Å²) in [7, 11) is 0. The molecule has 0 aliphatic rings.